The van der Waals surface area contributed by atoms with Gasteiger partial charge in [-0.1, -0.05) is 36.0 Å². The molecule has 3 rings (SSSR count). The molecule has 1 aromatic heterocycles. The number of nitrogens with zero attached hydrogens (tertiary/aromatic N) is 4. The van der Waals surface area contributed by atoms with Crippen LogP contribution in [-0.2, 0) is 11.3 Å². The number of allylic oxidation sites excluding steroid dienone is 1. The van der Waals surface area contributed by atoms with Crippen molar-refractivity contribution in [2.75, 3.05) is 24.8 Å². The molecule has 2 aromatic carbocycles. The quantitative estimate of drug-likeness (QED) is 0.346. The fourth-order valence-electron chi connectivity index (χ4n) is 2.94. The number of methoxy groups -OCH3 is 1. The van der Waals surface area contributed by atoms with Gasteiger partial charge < -0.3 is 14.4 Å². The Morgan fingerprint density at radius 3 is 2.48 bits per heavy atom. The van der Waals surface area contributed by atoms with Crippen LogP contribution in [0.1, 0.15) is 18.9 Å². The average Bonchev–Trinajstić information content (AvgIpc) is 3.21. The maximum atomic E-state index is 12.6. The first-order chi connectivity index (χ1) is 15.0. The van der Waals surface area contributed by atoms with Gasteiger partial charge in [0.25, 0.3) is 0 Å². The summed E-state index contributed by atoms with van der Waals surface area (Å²) in [6, 6.07) is 16.9. The zero-order chi connectivity index (χ0) is 22.2. The van der Waals surface area contributed by atoms with E-state index in [1.54, 1.807) is 25.1 Å². The predicted molar refractivity (Wildman–Crippen MR) is 123 cm³/mol. The highest BCUT2D eigenvalue weighted by Crippen LogP contribution is 2.26. The molecule has 0 aliphatic rings. The molecular weight excluding hydrogens is 412 g/mol. The summed E-state index contributed by atoms with van der Waals surface area (Å²) in [6.07, 6.45) is 1.44. The average molecular weight is 439 g/mol. The van der Waals surface area contributed by atoms with Crippen molar-refractivity contribution >= 4 is 23.4 Å². The number of aromatic nitrogens is 3. The number of ether oxygens (including phenoxy) is 2. The molecule has 0 bridgehead atoms. The van der Waals surface area contributed by atoms with Crippen molar-refractivity contribution in [1.29, 1.82) is 0 Å². The van der Waals surface area contributed by atoms with Crippen LogP contribution < -0.4 is 14.4 Å². The van der Waals surface area contributed by atoms with Gasteiger partial charge in [0.05, 0.1) is 12.9 Å². The Balaban J connectivity index is 1.69. The highest BCUT2D eigenvalue weighted by Gasteiger charge is 2.20. The molecular formula is C23H26N4O3S. The molecule has 0 saturated heterocycles. The molecule has 1 unspecified atom stereocenters. The van der Waals surface area contributed by atoms with Crippen molar-refractivity contribution in [3.05, 3.63) is 73.1 Å². The van der Waals surface area contributed by atoms with Crippen LogP contribution in [0, 0.1) is 0 Å². The molecule has 0 radical (unpaired) electrons. The lowest BCUT2D eigenvalue weighted by Gasteiger charge is -2.17. The summed E-state index contributed by atoms with van der Waals surface area (Å²) in [6.45, 7) is 6.26. The lowest BCUT2D eigenvalue weighted by molar-refractivity contribution is -0.115. The number of para-hydroxylation sites is 1. The van der Waals surface area contributed by atoms with E-state index in [0.29, 0.717) is 23.3 Å². The van der Waals surface area contributed by atoms with Gasteiger partial charge in [0.2, 0.25) is 5.91 Å². The van der Waals surface area contributed by atoms with Gasteiger partial charge >= 0.3 is 0 Å². The van der Waals surface area contributed by atoms with Gasteiger partial charge in [-0.25, -0.2) is 0 Å². The fraction of sp³-hybridized carbons (Fsp3) is 0.261. The minimum atomic E-state index is -0.335. The van der Waals surface area contributed by atoms with E-state index < -0.39 is 0 Å². The summed E-state index contributed by atoms with van der Waals surface area (Å²) in [7, 11) is 3.39. The highest BCUT2D eigenvalue weighted by molar-refractivity contribution is 7.99. The topological polar surface area (TPSA) is 69.5 Å². The van der Waals surface area contributed by atoms with Gasteiger partial charge in [-0.2, -0.15) is 0 Å². The molecule has 0 fully saturated rings. The predicted octanol–water partition coefficient (Wildman–Crippen LogP) is 4.37. The third-order valence-corrected chi connectivity index (χ3v) is 5.59. The van der Waals surface area contributed by atoms with Gasteiger partial charge in [0, 0.05) is 19.3 Å². The van der Waals surface area contributed by atoms with E-state index in [0.717, 1.165) is 11.4 Å². The number of amides is 1. The number of benzene rings is 2. The molecule has 1 atom stereocenters. The van der Waals surface area contributed by atoms with E-state index >= 15 is 0 Å². The SMILES string of the molecule is C=CCn1c(SCC(=O)N(C)c2ccccc2)nnc1C(C)Oc1ccc(OC)cc1. The summed E-state index contributed by atoms with van der Waals surface area (Å²) >= 11 is 1.35. The van der Waals surface area contributed by atoms with Crippen LogP contribution in [0.25, 0.3) is 0 Å². The zero-order valence-corrected chi connectivity index (χ0v) is 18.7. The number of hydrogen-bond donors (Lipinski definition) is 0. The van der Waals surface area contributed by atoms with Crippen LogP contribution in [0.3, 0.4) is 0 Å². The third kappa shape index (κ3) is 5.67. The first kappa shape index (κ1) is 22.4. The van der Waals surface area contributed by atoms with Crippen molar-refractivity contribution in [3.63, 3.8) is 0 Å². The Morgan fingerprint density at radius 1 is 1.16 bits per heavy atom. The van der Waals surface area contributed by atoms with Crippen LogP contribution in [0.4, 0.5) is 5.69 Å². The number of rotatable bonds is 10. The van der Waals surface area contributed by atoms with E-state index in [-0.39, 0.29) is 17.8 Å². The second-order valence-corrected chi connectivity index (χ2v) is 7.70. The van der Waals surface area contributed by atoms with Gasteiger partial charge in [-0.3, -0.25) is 9.36 Å². The summed E-state index contributed by atoms with van der Waals surface area (Å²) in [4.78, 5) is 14.2. The van der Waals surface area contributed by atoms with Crippen LogP contribution in [0.5, 0.6) is 11.5 Å². The van der Waals surface area contributed by atoms with E-state index in [4.69, 9.17) is 9.47 Å². The first-order valence-electron chi connectivity index (χ1n) is 9.82. The standard InChI is InChI=1S/C23H26N4O3S/c1-5-15-27-22(17(2)30-20-13-11-19(29-4)12-14-20)24-25-23(27)31-16-21(28)26(3)18-9-7-6-8-10-18/h5-14,17H,1,15-16H2,2-4H3. The summed E-state index contributed by atoms with van der Waals surface area (Å²) in [5.41, 5.74) is 0.850. The number of carbonyl (C=O) groups is 1. The normalized spacial score (nSPS) is 11.6. The maximum Gasteiger partial charge on any atom is 0.237 e. The molecule has 0 spiro atoms. The van der Waals surface area contributed by atoms with Crippen molar-refractivity contribution in [1.82, 2.24) is 14.8 Å². The molecule has 162 valence electrons. The van der Waals surface area contributed by atoms with Gasteiger partial charge in [-0.05, 0) is 43.3 Å². The van der Waals surface area contributed by atoms with E-state index in [1.807, 2.05) is 66.1 Å². The van der Waals surface area contributed by atoms with Crippen molar-refractivity contribution in [3.8, 4) is 11.5 Å². The summed E-state index contributed by atoms with van der Waals surface area (Å²) in [5, 5.41) is 9.25. The number of carbonyl (C=O) groups excluding carboxylic acids is 1. The molecule has 31 heavy (non-hydrogen) atoms. The van der Waals surface area contributed by atoms with Crippen LogP contribution >= 0.6 is 11.8 Å². The molecule has 1 heterocycles. The molecule has 7 nitrogen and oxygen atoms in total. The van der Waals surface area contributed by atoms with Crippen molar-refractivity contribution < 1.29 is 14.3 Å². The second-order valence-electron chi connectivity index (χ2n) is 6.75. The van der Waals surface area contributed by atoms with E-state index in [1.165, 1.54) is 11.8 Å². The van der Waals surface area contributed by atoms with E-state index in [9.17, 15) is 4.79 Å². The maximum absolute atomic E-state index is 12.6. The largest absolute Gasteiger partial charge is 0.497 e. The van der Waals surface area contributed by atoms with E-state index in [2.05, 4.69) is 16.8 Å². The number of hydrogen-bond acceptors (Lipinski definition) is 6. The Labute approximate surface area is 186 Å². The fourth-order valence-corrected chi connectivity index (χ4v) is 3.81. The van der Waals surface area contributed by atoms with Crippen molar-refractivity contribution in [2.45, 2.75) is 24.7 Å². The number of thioether (sulfide) groups is 1. The Hall–Kier alpha value is -3.26. The molecule has 0 aliphatic carbocycles. The van der Waals surface area contributed by atoms with Crippen LogP contribution in [0.15, 0.2) is 72.4 Å². The second kappa shape index (κ2) is 10.7. The number of anilines is 1. The monoisotopic (exact) mass is 438 g/mol. The first-order valence-corrected chi connectivity index (χ1v) is 10.8. The Bertz CT molecular complexity index is 1010. The smallest absolute Gasteiger partial charge is 0.237 e. The molecule has 0 saturated carbocycles. The van der Waals surface area contributed by atoms with Crippen LogP contribution in [0.2, 0.25) is 0 Å². The lowest BCUT2D eigenvalue weighted by Crippen LogP contribution is -2.28. The Morgan fingerprint density at radius 2 is 1.84 bits per heavy atom. The minimum absolute atomic E-state index is 0.0200. The third-order valence-electron chi connectivity index (χ3n) is 4.64. The summed E-state index contributed by atoms with van der Waals surface area (Å²) in [5.74, 6) is 2.36. The van der Waals surface area contributed by atoms with Crippen molar-refractivity contribution in [2.24, 2.45) is 0 Å². The molecule has 8 heteroatoms. The van der Waals surface area contributed by atoms with Crippen LogP contribution in [-0.4, -0.2) is 40.6 Å². The molecule has 0 N–H and O–H groups in total. The lowest BCUT2D eigenvalue weighted by atomic mass is 10.3. The minimum Gasteiger partial charge on any atom is -0.497 e. The summed E-state index contributed by atoms with van der Waals surface area (Å²) < 4.78 is 13.1. The zero-order valence-electron chi connectivity index (χ0n) is 17.9. The highest BCUT2D eigenvalue weighted by atomic mass is 32.2. The molecule has 1 amide bonds. The molecule has 0 aliphatic heterocycles. The van der Waals surface area contributed by atoms with Gasteiger partial charge in [-0.15, -0.1) is 16.8 Å². The van der Waals surface area contributed by atoms with Gasteiger partial charge in [0.15, 0.2) is 17.1 Å². The van der Waals surface area contributed by atoms with Gasteiger partial charge in [0.1, 0.15) is 11.5 Å². The Kier molecular flexibility index (Phi) is 7.72. The molecule has 3 aromatic rings.